The molecule has 0 aliphatic heterocycles. The quantitative estimate of drug-likeness (QED) is 0.575. The SMILES string of the molecule is CCOC(=O)c1c(NC(=O)COC(=O)c2ccc3ncoc3c2)sc2c1CCC(C)C2. The lowest BCUT2D eigenvalue weighted by Crippen LogP contribution is -2.22. The molecule has 0 fully saturated rings. The maximum Gasteiger partial charge on any atom is 0.341 e. The monoisotopic (exact) mass is 442 g/mol. The van der Waals surface area contributed by atoms with E-state index >= 15 is 0 Å². The fourth-order valence-corrected chi connectivity index (χ4v) is 5.03. The molecule has 0 bridgehead atoms. The van der Waals surface area contributed by atoms with Gasteiger partial charge in [-0.15, -0.1) is 11.3 Å². The van der Waals surface area contributed by atoms with Gasteiger partial charge in [0, 0.05) is 4.88 Å². The molecule has 1 aliphatic rings. The molecule has 1 amide bonds. The van der Waals surface area contributed by atoms with Gasteiger partial charge in [-0.25, -0.2) is 14.6 Å². The van der Waals surface area contributed by atoms with Gasteiger partial charge in [0.15, 0.2) is 18.6 Å². The Kier molecular flexibility index (Phi) is 6.03. The van der Waals surface area contributed by atoms with Gasteiger partial charge in [-0.1, -0.05) is 6.92 Å². The van der Waals surface area contributed by atoms with Crippen LogP contribution >= 0.6 is 11.3 Å². The number of oxazole rings is 1. The number of fused-ring (bicyclic) bond motifs is 2. The lowest BCUT2D eigenvalue weighted by molar-refractivity contribution is -0.119. The Bertz CT molecular complexity index is 1150. The van der Waals surface area contributed by atoms with E-state index in [0.717, 1.165) is 29.7 Å². The van der Waals surface area contributed by atoms with E-state index in [1.807, 2.05) is 0 Å². The van der Waals surface area contributed by atoms with E-state index in [-0.39, 0.29) is 12.2 Å². The first kappa shape index (κ1) is 21.0. The third-order valence-corrected chi connectivity index (χ3v) is 6.32. The van der Waals surface area contributed by atoms with Crippen LogP contribution in [0.2, 0.25) is 0 Å². The Morgan fingerprint density at radius 1 is 1.26 bits per heavy atom. The van der Waals surface area contributed by atoms with Crippen molar-refractivity contribution in [1.82, 2.24) is 4.98 Å². The molecule has 1 aromatic carbocycles. The van der Waals surface area contributed by atoms with Crippen molar-refractivity contribution in [3.05, 3.63) is 46.2 Å². The van der Waals surface area contributed by atoms with Crippen molar-refractivity contribution in [2.24, 2.45) is 5.92 Å². The zero-order chi connectivity index (χ0) is 22.0. The van der Waals surface area contributed by atoms with Crippen LogP contribution in [0.4, 0.5) is 5.00 Å². The van der Waals surface area contributed by atoms with Crippen molar-refractivity contribution in [2.45, 2.75) is 33.1 Å². The lowest BCUT2D eigenvalue weighted by atomic mass is 9.88. The highest BCUT2D eigenvalue weighted by atomic mass is 32.1. The summed E-state index contributed by atoms with van der Waals surface area (Å²) in [6.45, 7) is 3.68. The van der Waals surface area contributed by atoms with Crippen molar-refractivity contribution in [3.63, 3.8) is 0 Å². The summed E-state index contributed by atoms with van der Waals surface area (Å²) in [6.07, 6.45) is 3.91. The molecule has 4 rings (SSSR count). The number of amides is 1. The molecule has 2 heterocycles. The minimum Gasteiger partial charge on any atom is -0.462 e. The van der Waals surface area contributed by atoms with Crippen molar-refractivity contribution < 1.29 is 28.3 Å². The summed E-state index contributed by atoms with van der Waals surface area (Å²) in [5.41, 5.74) is 2.70. The summed E-state index contributed by atoms with van der Waals surface area (Å²) < 4.78 is 15.5. The number of rotatable bonds is 6. The Morgan fingerprint density at radius 3 is 2.90 bits per heavy atom. The van der Waals surface area contributed by atoms with Crippen molar-refractivity contribution in [1.29, 1.82) is 0 Å². The molecule has 0 saturated carbocycles. The van der Waals surface area contributed by atoms with E-state index in [0.29, 0.717) is 27.6 Å². The smallest absolute Gasteiger partial charge is 0.341 e. The third kappa shape index (κ3) is 4.46. The second-order valence-electron chi connectivity index (χ2n) is 7.44. The van der Waals surface area contributed by atoms with Gasteiger partial charge in [0.25, 0.3) is 5.91 Å². The number of carbonyl (C=O) groups is 3. The van der Waals surface area contributed by atoms with Gasteiger partial charge in [0.1, 0.15) is 10.5 Å². The van der Waals surface area contributed by atoms with Gasteiger partial charge < -0.3 is 19.2 Å². The number of esters is 2. The largest absolute Gasteiger partial charge is 0.462 e. The number of nitrogens with one attached hydrogen (secondary N) is 1. The van der Waals surface area contributed by atoms with E-state index in [4.69, 9.17) is 13.9 Å². The Balaban J connectivity index is 1.45. The van der Waals surface area contributed by atoms with Crippen LogP contribution in [0.25, 0.3) is 11.1 Å². The number of hydrogen-bond acceptors (Lipinski definition) is 8. The second kappa shape index (κ2) is 8.89. The Labute approximate surface area is 182 Å². The summed E-state index contributed by atoms with van der Waals surface area (Å²) in [7, 11) is 0. The molecule has 0 radical (unpaired) electrons. The Hall–Kier alpha value is -3.20. The van der Waals surface area contributed by atoms with Crippen LogP contribution < -0.4 is 5.32 Å². The summed E-state index contributed by atoms with van der Waals surface area (Å²) >= 11 is 1.39. The number of carbonyl (C=O) groups excluding carboxylic acids is 3. The first-order valence-electron chi connectivity index (χ1n) is 10.1. The molecular formula is C22H22N2O6S. The number of benzene rings is 1. The van der Waals surface area contributed by atoms with E-state index in [2.05, 4.69) is 17.2 Å². The number of thiophene rings is 1. The number of ether oxygens (including phenoxy) is 2. The minimum absolute atomic E-state index is 0.250. The van der Waals surface area contributed by atoms with E-state index in [1.54, 1.807) is 19.1 Å². The van der Waals surface area contributed by atoms with Crippen LogP contribution in [0.3, 0.4) is 0 Å². The summed E-state index contributed by atoms with van der Waals surface area (Å²) in [5, 5.41) is 3.17. The van der Waals surface area contributed by atoms with Crippen LogP contribution in [0.15, 0.2) is 29.0 Å². The van der Waals surface area contributed by atoms with Gasteiger partial charge in [0.05, 0.1) is 17.7 Å². The first-order valence-corrected chi connectivity index (χ1v) is 10.9. The molecule has 9 heteroatoms. The predicted octanol–water partition coefficient (Wildman–Crippen LogP) is 3.99. The van der Waals surface area contributed by atoms with Gasteiger partial charge in [-0.2, -0.15) is 0 Å². The summed E-state index contributed by atoms with van der Waals surface area (Å²) in [6, 6.07) is 4.70. The standard InChI is InChI=1S/C22H22N2O6S/c1-3-28-22(27)19-14-6-4-12(2)8-17(14)31-20(19)24-18(25)10-29-21(26)13-5-7-15-16(9-13)30-11-23-15/h5,7,9,11-12H,3-4,6,8,10H2,1-2H3,(H,24,25). The number of hydrogen-bond donors (Lipinski definition) is 1. The van der Waals surface area contributed by atoms with Gasteiger partial charge >= 0.3 is 11.9 Å². The molecular weight excluding hydrogens is 420 g/mol. The van der Waals surface area contributed by atoms with Crippen LogP contribution in [-0.2, 0) is 27.1 Å². The van der Waals surface area contributed by atoms with E-state index in [1.165, 1.54) is 23.8 Å². The molecule has 162 valence electrons. The van der Waals surface area contributed by atoms with Crippen LogP contribution in [0.5, 0.6) is 0 Å². The van der Waals surface area contributed by atoms with Gasteiger partial charge in [-0.05, 0) is 55.9 Å². The third-order valence-electron chi connectivity index (χ3n) is 5.15. The highest BCUT2D eigenvalue weighted by Crippen LogP contribution is 2.40. The highest BCUT2D eigenvalue weighted by Gasteiger charge is 2.29. The Morgan fingerprint density at radius 2 is 2.10 bits per heavy atom. The number of anilines is 1. The zero-order valence-electron chi connectivity index (χ0n) is 17.2. The van der Waals surface area contributed by atoms with Crippen molar-refractivity contribution in [2.75, 3.05) is 18.5 Å². The predicted molar refractivity (Wildman–Crippen MR) is 114 cm³/mol. The fraction of sp³-hybridized carbons (Fsp3) is 0.364. The van der Waals surface area contributed by atoms with Gasteiger partial charge in [-0.3, -0.25) is 4.79 Å². The molecule has 0 spiro atoms. The van der Waals surface area contributed by atoms with Crippen molar-refractivity contribution >= 4 is 45.3 Å². The molecule has 1 aliphatic carbocycles. The molecule has 31 heavy (non-hydrogen) atoms. The molecule has 2 aromatic heterocycles. The molecule has 1 atom stereocenters. The summed E-state index contributed by atoms with van der Waals surface area (Å²) in [5.74, 6) is -1.10. The minimum atomic E-state index is -0.654. The lowest BCUT2D eigenvalue weighted by Gasteiger charge is -2.18. The fourth-order valence-electron chi connectivity index (χ4n) is 3.62. The van der Waals surface area contributed by atoms with Gasteiger partial charge in [0.2, 0.25) is 0 Å². The average molecular weight is 442 g/mol. The molecule has 8 nitrogen and oxygen atoms in total. The first-order chi connectivity index (χ1) is 15.0. The van der Waals surface area contributed by atoms with Crippen molar-refractivity contribution in [3.8, 4) is 0 Å². The number of aromatic nitrogens is 1. The molecule has 1 unspecified atom stereocenters. The molecule has 3 aromatic rings. The number of nitrogens with zero attached hydrogens (tertiary/aromatic N) is 1. The molecule has 1 N–H and O–H groups in total. The zero-order valence-corrected chi connectivity index (χ0v) is 18.0. The van der Waals surface area contributed by atoms with E-state index in [9.17, 15) is 14.4 Å². The topological polar surface area (TPSA) is 108 Å². The van der Waals surface area contributed by atoms with Crippen LogP contribution in [0, 0.1) is 5.92 Å². The van der Waals surface area contributed by atoms with E-state index < -0.39 is 24.5 Å². The summed E-state index contributed by atoms with van der Waals surface area (Å²) in [4.78, 5) is 42.4. The highest BCUT2D eigenvalue weighted by molar-refractivity contribution is 7.17. The van der Waals surface area contributed by atoms with Crippen LogP contribution in [-0.4, -0.2) is 36.0 Å². The normalized spacial score (nSPS) is 15.4. The molecule has 0 saturated heterocycles. The average Bonchev–Trinajstić information content (AvgIpc) is 3.35. The maximum atomic E-state index is 12.5. The second-order valence-corrected chi connectivity index (χ2v) is 8.54. The maximum absolute atomic E-state index is 12.5. The van der Waals surface area contributed by atoms with Crippen LogP contribution in [0.1, 0.15) is 51.4 Å².